The Balaban J connectivity index is 0.833. The molecule has 4 saturated carbocycles. The Labute approximate surface area is 698 Å². The molecule has 3 saturated heterocycles. The van der Waals surface area contributed by atoms with Crippen molar-refractivity contribution in [3.05, 3.63) is 0 Å². The maximum atomic E-state index is 11.4. The maximum Gasteiger partial charge on any atom is 0.187 e. The van der Waals surface area contributed by atoms with Gasteiger partial charge < -0.3 is 78.7 Å². The van der Waals surface area contributed by atoms with Crippen LogP contribution in [-0.4, -0.2) is 181 Å². The summed E-state index contributed by atoms with van der Waals surface area (Å²) in [5.41, 5.74) is 0. The summed E-state index contributed by atoms with van der Waals surface area (Å²) < 4.78 is 48.8. The van der Waals surface area contributed by atoms with Gasteiger partial charge in [0.05, 0.1) is 39.6 Å². The average Bonchev–Trinajstić information content (AvgIpc) is 1.19. The number of ether oxygens (including phenoxy) is 8. The third kappa shape index (κ3) is 37.4. The van der Waals surface area contributed by atoms with Crippen molar-refractivity contribution in [1.82, 2.24) is 0 Å². The van der Waals surface area contributed by atoms with Crippen LogP contribution in [-0.2, 0) is 37.9 Å². The van der Waals surface area contributed by atoms with Gasteiger partial charge in [0.2, 0.25) is 0 Å². The zero-order chi connectivity index (χ0) is 82.3. The predicted molar refractivity (Wildman–Crippen MR) is 462 cm³/mol. The summed E-state index contributed by atoms with van der Waals surface area (Å²) in [5.74, 6) is 16.0. The van der Waals surface area contributed by atoms with E-state index in [9.17, 15) is 40.9 Å². The Morgan fingerprint density at radius 1 is 0.272 bits per heavy atom. The van der Waals surface area contributed by atoms with Crippen LogP contribution in [0, 0.1) is 118 Å². The van der Waals surface area contributed by atoms with Gasteiger partial charge in [-0.05, 0) is 195 Å². The lowest BCUT2D eigenvalue weighted by molar-refractivity contribution is -0.360. The van der Waals surface area contributed by atoms with E-state index in [1.54, 1.807) is 0 Å². The van der Waals surface area contributed by atoms with Crippen LogP contribution in [0.3, 0.4) is 0 Å². The Morgan fingerprint density at radius 2 is 0.579 bits per heavy atom. The van der Waals surface area contributed by atoms with Crippen molar-refractivity contribution in [3.63, 3.8) is 0 Å². The zero-order valence-electron chi connectivity index (χ0n) is 75.5. The van der Waals surface area contributed by atoms with Crippen LogP contribution in [0.5, 0.6) is 0 Å². The minimum atomic E-state index is -1.75. The van der Waals surface area contributed by atoms with Crippen molar-refractivity contribution < 1.29 is 78.7 Å². The number of hydrogen-bond acceptors (Lipinski definition) is 16. The summed E-state index contributed by atoms with van der Waals surface area (Å²) in [4.78, 5) is 0. The molecule has 3 aliphatic heterocycles. The van der Waals surface area contributed by atoms with Crippen LogP contribution in [0.4, 0.5) is 0 Å². The van der Waals surface area contributed by atoms with E-state index >= 15 is 0 Å². The lowest BCUT2D eigenvalue weighted by Gasteiger charge is -2.46. The zero-order valence-corrected chi connectivity index (χ0v) is 75.5. The van der Waals surface area contributed by atoms with Gasteiger partial charge in [-0.2, -0.15) is 0 Å². The second-order valence-corrected chi connectivity index (χ2v) is 41.4. The second kappa shape index (κ2) is 56.3. The average molecular weight is 1620 g/mol. The molecule has 8 bridgehead atoms. The van der Waals surface area contributed by atoms with Crippen molar-refractivity contribution in [1.29, 1.82) is 0 Å². The molecular weight excluding hydrogens is 1430 g/mol. The third-order valence-electron chi connectivity index (χ3n) is 31.2. The quantitative estimate of drug-likeness (QED) is 0.113. The molecule has 672 valence electrons. The van der Waals surface area contributed by atoms with Gasteiger partial charge in [0, 0.05) is 26.4 Å². The van der Waals surface area contributed by atoms with Crippen LogP contribution in [0.15, 0.2) is 0 Å². The molecule has 4 aliphatic carbocycles. The molecule has 32 atom stereocenters. The van der Waals surface area contributed by atoms with E-state index in [0.29, 0.717) is 50.1 Å². The summed E-state index contributed by atoms with van der Waals surface area (Å²) in [5, 5.41) is 84.5. The highest BCUT2D eigenvalue weighted by Gasteiger charge is 2.51. The smallest absolute Gasteiger partial charge is 0.187 e. The van der Waals surface area contributed by atoms with Crippen molar-refractivity contribution in [2.75, 3.05) is 66.1 Å². The van der Waals surface area contributed by atoms with Crippen LogP contribution in [0.2, 0.25) is 0 Å². The van der Waals surface area contributed by atoms with Crippen LogP contribution in [0.25, 0.3) is 0 Å². The van der Waals surface area contributed by atoms with Gasteiger partial charge in [-0.1, -0.05) is 289 Å². The summed E-state index contributed by atoms with van der Waals surface area (Å²) in [6.45, 7) is 31.9. The molecule has 114 heavy (non-hydrogen) atoms. The fourth-order valence-electron chi connectivity index (χ4n) is 22.0. The summed E-state index contributed by atoms with van der Waals surface area (Å²) in [7, 11) is 0. The van der Waals surface area contributed by atoms with E-state index in [-0.39, 0.29) is 25.9 Å². The topological polar surface area (TPSA) is 236 Å². The van der Waals surface area contributed by atoms with Crippen molar-refractivity contribution in [2.45, 2.75) is 439 Å². The van der Waals surface area contributed by atoms with Gasteiger partial charge in [0.25, 0.3) is 0 Å². The Kier molecular flexibility index (Phi) is 49.6. The Bertz CT molecular complexity index is 2370. The van der Waals surface area contributed by atoms with Crippen LogP contribution in [0.1, 0.15) is 366 Å². The number of hydrogen-bond donors (Lipinski definition) is 8. The molecule has 7 fully saturated rings. The molecule has 16 nitrogen and oxygen atoms in total. The van der Waals surface area contributed by atoms with Gasteiger partial charge in [-0.25, -0.2) is 0 Å². The van der Waals surface area contributed by atoms with E-state index < -0.39 is 80.7 Å². The third-order valence-corrected chi connectivity index (χ3v) is 31.2. The lowest BCUT2D eigenvalue weighted by Crippen LogP contribution is -2.64. The summed E-state index contributed by atoms with van der Waals surface area (Å²) in [6.07, 6.45) is 42.6. The first-order valence-electron chi connectivity index (χ1n) is 49.1. The fraction of sp³-hybridized carbons (Fsp3) is 1.00. The molecule has 0 amide bonds. The second-order valence-electron chi connectivity index (χ2n) is 41.4. The number of rotatable bonds is 8. The van der Waals surface area contributed by atoms with E-state index in [1.165, 1.54) is 250 Å². The molecule has 0 aromatic heterocycles. The first-order valence-corrected chi connectivity index (χ1v) is 49.1. The molecule has 0 radical (unpaired) electrons. The molecule has 0 spiro atoms. The molecule has 0 aromatic carbocycles. The standard InChI is InChI=1S/C98H184O16/c1-67-21-13-29-75(9)83-45-41-79(57-83)33-17-25-71(5)49-53-107-64-87(61-99)109-55-51-73(7)27-19-35-81-43-47-85(59-81)77(11)31-15-23-69(3)39-37-68(2)22-14-30-76(10)84-46-42-80(58-84)34-18-26-72(6)50-54-108-65-88(110-56-52-74(8)28-20-36-82-44-48-86(60-82)78(12)32-16-24-70(4)40-38-67)66-111-97-95(106)93(104)96(90(63-101)113-97)114-98-94(105)92(103)91(102)89(62-100)112-98/h67-106H,13-66H2,1-12H3/t67?,68?,69?,70?,71?,72?,73?,74?,75?,76?,77?,78?,79?,80?,81?,82?,83?,84?,85?,86?,87?,88?,89-,90-,91-,92+,93-,94-,95-,96+,97-,98+/m1/s1. The number of fused-ring (bicyclic) bond motifs is 8. The molecule has 0 aromatic rings. The van der Waals surface area contributed by atoms with Gasteiger partial charge >= 0.3 is 0 Å². The monoisotopic (exact) mass is 1620 g/mol. The molecule has 7 aliphatic rings. The minimum Gasteiger partial charge on any atom is -0.394 e. The Morgan fingerprint density at radius 3 is 0.930 bits per heavy atom. The molecule has 8 N–H and O–H groups in total. The van der Waals surface area contributed by atoms with Crippen molar-refractivity contribution in [3.8, 4) is 0 Å². The van der Waals surface area contributed by atoms with E-state index in [2.05, 4.69) is 83.1 Å². The summed E-state index contributed by atoms with van der Waals surface area (Å²) >= 11 is 0. The first kappa shape index (κ1) is 100. The summed E-state index contributed by atoms with van der Waals surface area (Å²) in [6, 6.07) is 0. The highest BCUT2D eigenvalue weighted by atomic mass is 16.7. The normalized spacial score (nSPS) is 43.3. The predicted octanol–water partition coefficient (Wildman–Crippen LogP) is 20.2. The molecular formula is C98H184O16. The lowest BCUT2D eigenvalue weighted by atomic mass is 9.84. The molecule has 7 rings (SSSR count). The van der Waals surface area contributed by atoms with E-state index in [0.717, 1.165) is 133 Å². The SMILES string of the molecule is CC1CCCC2CCC(C2)C(C)CCCC(C)CCC(C)CCCC(C)C2CCC(CCCC(C)CCOC(CO[C@@H]3O[C@H](CO)[C@H](O[C@@H]4O[C@H](CO)[C@@H](O)[C@H](O)[C@H]4O)[C@H](O)[C@H]3O)COCCC(C)CCCC3CCC(C3)C(C)CCCC(C)CCC(C)CCCC(C)C3CCC(CCCC(C)CCOC(CO)COCC1)C3)C2. The van der Waals surface area contributed by atoms with Crippen LogP contribution >= 0.6 is 0 Å². The highest BCUT2D eigenvalue weighted by Crippen LogP contribution is 2.45. The molecule has 16 heteroatoms. The number of aliphatic hydroxyl groups is 8. The van der Waals surface area contributed by atoms with E-state index in [4.69, 9.17) is 37.9 Å². The fourth-order valence-corrected chi connectivity index (χ4v) is 22.0. The largest absolute Gasteiger partial charge is 0.394 e. The van der Waals surface area contributed by atoms with Crippen molar-refractivity contribution >= 4 is 0 Å². The maximum absolute atomic E-state index is 11.4. The molecule has 3 heterocycles. The first-order chi connectivity index (χ1) is 54.9. The number of aliphatic hydroxyl groups excluding tert-OH is 8. The highest BCUT2D eigenvalue weighted by molar-refractivity contribution is 4.95. The van der Waals surface area contributed by atoms with Gasteiger partial charge in [-0.15, -0.1) is 0 Å². The Hall–Kier alpha value is -0.640. The van der Waals surface area contributed by atoms with Gasteiger partial charge in [0.15, 0.2) is 12.6 Å². The van der Waals surface area contributed by atoms with Crippen LogP contribution < -0.4 is 0 Å². The molecule has 22 unspecified atom stereocenters. The van der Waals surface area contributed by atoms with Crippen molar-refractivity contribution in [2.24, 2.45) is 118 Å². The van der Waals surface area contributed by atoms with Gasteiger partial charge in [0.1, 0.15) is 61.0 Å². The van der Waals surface area contributed by atoms with E-state index in [1.807, 2.05) is 0 Å². The van der Waals surface area contributed by atoms with Gasteiger partial charge in [-0.3, -0.25) is 0 Å². The minimum absolute atomic E-state index is 0.000746.